The van der Waals surface area contributed by atoms with Crippen LogP contribution < -0.4 is 20.7 Å². The highest BCUT2D eigenvalue weighted by atomic mass is 35.5. The van der Waals surface area contributed by atoms with Gasteiger partial charge >= 0.3 is 0 Å². The average Bonchev–Trinajstić information content (AvgIpc) is 2.76. The van der Waals surface area contributed by atoms with Crippen molar-refractivity contribution in [2.24, 2.45) is 0 Å². The van der Waals surface area contributed by atoms with Crippen LogP contribution in [0.2, 0.25) is 5.02 Å². The summed E-state index contributed by atoms with van der Waals surface area (Å²) in [5.41, 5.74) is 5.08. The second-order valence-electron chi connectivity index (χ2n) is 7.72. The molecule has 0 unspecified atom stereocenters. The number of benzene rings is 2. The van der Waals surface area contributed by atoms with Crippen molar-refractivity contribution in [3.63, 3.8) is 0 Å². The lowest BCUT2D eigenvalue weighted by Crippen LogP contribution is -2.50. The van der Waals surface area contributed by atoms with E-state index in [0.717, 1.165) is 31.9 Å². The van der Waals surface area contributed by atoms with Crippen LogP contribution in [0.15, 0.2) is 42.5 Å². The van der Waals surface area contributed by atoms with Crippen LogP contribution in [0.3, 0.4) is 0 Å². The van der Waals surface area contributed by atoms with Crippen molar-refractivity contribution in [2.75, 3.05) is 48.5 Å². The van der Waals surface area contributed by atoms with Gasteiger partial charge in [-0.25, -0.2) is 5.01 Å². The number of amides is 3. The Morgan fingerprint density at radius 3 is 2.42 bits per heavy atom. The number of carbonyl (C=O) groups excluding carboxylic acids is 3. The third-order valence-electron chi connectivity index (χ3n) is 5.49. The molecular formula is C22H24ClN5O3. The number of hydrazine groups is 1. The number of likely N-dealkylation sites (N-methyl/N-ethyl adjacent to an activating group) is 1. The number of nitrogens with zero attached hydrogens (tertiary/aromatic N) is 3. The van der Waals surface area contributed by atoms with E-state index >= 15 is 0 Å². The van der Waals surface area contributed by atoms with E-state index in [2.05, 4.69) is 27.6 Å². The average molecular weight is 442 g/mol. The molecule has 2 N–H and O–H groups in total. The number of carbonyl (C=O) groups is 3. The number of halogens is 1. The first kappa shape index (κ1) is 21.1. The summed E-state index contributed by atoms with van der Waals surface area (Å²) in [6.45, 7) is 3.63. The SMILES string of the molecule is CN1CCN(c2ccc(Cl)cc2NC(=O)c2ccc(N3NC(=O)CCC3=O)cc2)CC1. The first-order chi connectivity index (χ1) is 14.9. The summed E-state index contributed by atoms with van der Waals surface area (Å²) >= 11 is 6.19. The Morgan fingerprint density at radius 2 is 1.71 bits per heavy atom. The van der Waals surface area contributed by atoms with E-state index in [1.807, 2.05) is 12.1 Å². The molecule has 2 heterocycles. The van der Waals surface area contributed by atoms with Crippen LogP contribution in [0.4, 0.5) is 17.1 Å². The lowest BCUT2D eigenvalue weighted by molar-refractivity contribution is -0.130. The van der Waals surface area contributed by atoms with Crippen molar-refractivity contribution in [3.05, 3.63) is 53.1 Å². The van der Waals surface area contributed by atoms with Gasteiger partial charge < -0.3 is 15.1 Å². The largest absolute Gasteiger partial charge is 0.367 e. The molecule has 2 aromatic carbocycles. The Kier molecular flexibility index (Phi) is 6.11. The molecule has 0 aromatic heterocycles. The minimum absolute atomic E-state index is 0.165. The van der Waals surface area contributed by atoms with Gasteiger partial charge in [0.2, 0.25) is 11.8 Å². The first-order valence-corrected chi connectivity index (χ1v) is 10.6. The smallest absolute Gasteiger partial charge is 0.255 e. The van der Waals surface area contributed by atoms with Crippen molar-refractivity contribution in [1.29, 1.82) is 0 Å². The fourth-order valence-electron chi connectivity index (χ4n) is 3.67. The Hall–Kier alpha value is -3.10. The number of hydrogen-bond acceptors (Lipinski definition) is 5. The molecule has 0 saturated carbocycles. The number of piperazine rings is 1. The van der Waals surface area contributed by atoms with E-state index < -0.39 is 0 Å². The number of nitrogens with one attached hydrogen (secondary N) is 2. The Labute approximate surface area is 185 Å². The molecule has 0 aliphatic carbocycles. The van der Waals surface area contributed by atoms with E-state index in [0.29, 0.717) is 22.0 Å². The molecule has 2 saturated heterocycles. The molecule has 2 aliphatic rings. The third kappa shape index (κ3) is 4.81. The number of anilines is 3. The normalized spacial score (nSPS) is 17.5. The van der Waals surface area contributed by atoms with E-state index in [1.165, 1.54) is 5.01 Å². The Morgan fingerprint density at radius 1 is 1.00 bits per heavy atom. The maximum absolute atomic E-state index is 12.9. The van der Waals surface area contributed by atoms with Crippen LogP contribution in [0.25, 0.3) is 0 Å². The molecule has 2 fully saturated rings. The van der Waals surface area contributed by atoms with Gasteiger partial charge in [-0.05, 0) is 49.5 Å². The van der Waals surface area contributed by atoms with Crippen molar-refractivity contribution >= 4 is 46.4 Å². The van der Waals surface area contributed by atoms with Crippen LogP contribution in [0.1, 0.15) is 23.2 Å². The molecular weight excluding hydrogens is 418 g/mol. The predicted molar refractivity (Wildman–Crippen MR) is 120 cm³/mol. The lowest BCUT2D eigenvalue weighted by Gasteiger charge is -2.35. The van der Waals surface area contributed by atoms with Gasteiger partial charge in [-0.1, -0.05) is 11.6 Å². The van der Waals surface area contributed by atoms with Crippen LogP contribution in [0.5, 0.6) is 0 Å². The van der Waals surface area contributed by atoms with Gasteiger partial charge in [0.15, 0.2) is 0 Å². The molecule has 0 bridgehead atoms. The standard InChI is InChI=1S/C22H24ClN5O3/c1-26-10-12-27(13-11-26)19-7-4-16(23)14-18(19)24-22(31)15-2-5-17(6-3-15)28-21(30)9-8-20(29)25-28/h2-7,14H,8-13H2,1H3,(H,24,31)(H,25,29). The number of hydrogen-bond donors (Lipinski definition) is 2. The van der Waals surface area contributed by atoms with Crippen LogP contribution >= 0.6 is 11.6 Å². The molecule has 2 aromatic rings. The minimum Gasteiger partial charge on any atom is -0.367 e. The Balaban J connectivity index is 1.50. The van der Waals surface area contributed by atoms with E-state index in [9.17, 15) is 14.4 Å². The van der Waals surface area contributed by atoms with Crippen molar-refractivity contribution < 1.29 is 14.4 Å². The monoisotopic (exact) mass is 441 g/mol. The highest BCUT2D eigenvalue weighted by Gasteiger charge is 2.24. The summed E-state index contributed by atoms with van der Waals surface area (Å²) in [6, 6.07) is 12.0. The lowest BCUT2D eigenvalue weighted by atomic mass is 10.1. The quantitative estimate of drug-likeness (QED) is 0.761. The second kappa shape index (κ2) is 8.95. The zero-order chi connectivity index (χ0) is 22.0. The van der Waals surface area contributed by atoms with Gasteiger partial charge in [-0.3, -0.25) is 19.8 Å². The third-order valence-corrected chi connectivity index (χ3v) is 5.73. The van der Waals surface area contributed by atoms with Gasteiger partial charge in [-0.15, -0.1) is 0 Å². The molecule has 3 amide bonds. The van der Waals surface area contributed by atoms with Gasteiger partial charge in [0, 0.05) is 49.6 Å². The fraction of sp³-hybridized carbons (Fsp3) is 0.318. The van der Waals surface area contributed by atoms with Crippen LogP contribution in [0, 0.1) is 0 Å². The fourth-order valence-corrected chi connectivity index (χ4v) is 3.84. The van der Waals surface area contributed by atoms with E-state index in [1.54, 1.807) is 30.3 Å². The number of rotatable bonds is 4. The van der Waals surface area contributed by atoms with E-state index in [4.69, 9.17) is 11.6 Å². The van der Waals surface area contributed by atoms with Gasteiger partial charge in [-0.2, -0.15) is 0 Å². The minimum atomic E-state index is -0.279. The van der Waals surface area contributed by atoms with Gasteiger partial charge in [0.1, 0.15) is 0 Å². The highest BCUT2D eigenvalue weighted by molar-refractivity contribution is 6.31. The van der Waals surface area contributed by atoms with Crippen molar-refractivity contribution in [2.45, 2.75) is 12.8 Å². The molecule has 0 radical (unpaired) electrons. The summed E-state index contributed by atoms with van der Waals surface area (Å²) in [5.74, 6) is -0.676. The molecule has 4 rings (SSSR count). The maximum atomic E-state index is 12.9. The molecule has 162 valence electrons. The molecule has 0 spiro atoms. The predicted octanol–water partition coefficient (Wildman–Crippen LogP) is 2.50. The molecule has 2 aliphatic heterocycles. The zero-order valence-electron chi connectivity index (χ0n) is 17.2. The molecule has 0 atom stereocenters. The second-order valence-corrected chi connectivity index (χ2v) is 8.15. The summed E-state index contributed by atoms with van der Waals surface area (Å²) in [6.07, 6.45) is 0.350. The highest BCUT2D eigenvalue weighted by Crippen LogP contribution is 2.30. The molecule has 31 heavy (non-hydrogen) atoms. The summed E-state index contributed by atoms with van der Waals surface area (Å²) in [5, 5.41) is 4.72. The molecule has 8 nitrogen and oxygen atoms in total. The van der Waals surface area contributed by atoms with Gasteiger partial charge in [0.25, 0.3) is 5.91 Å². The zero-order valence-corrected chi connectivity index (χ0v) is 18.0. The Bertz CT molecular complexity index is 1000. The summed E-state index contributed by atoms with van der Waals surface area (Å²) in [7, 11) is 2.09. The van der Waals surface area contributed by atoms with E-state index in [-0.39, 0.29) is 30.6 Å². The maximum Gasteiger partial charge on any atom is 0.255 e. The first-order valence-electron chi connectivity index (χ1n) is 10.2. The molecule has 9 heteroatoms. The summed E-state index contributed by atoms with van der Waals surface area (Å²) in [4.78, 5) is 41.0. The van der Waals surface area contributed by atoms with Crippen LogP contribution in [-0.2, 0) is 9.59 Å². The van der Waals surface area contributed by atoms with Crippen molar-refractivity contribution in [3.8, 4) is 0 Å². The van der Waals surface area contributed by atoms with Crippen molar-refractivity contribution in [1.82, 2.24) is 10.3 Å². The summed E-state index contributed by atoms with van der Waals surface area (Å²) < 4.78 is 0. The van der Waals surface area contributed by atoms with Crippen LogP contribution in [-0.4, -0.2) is 55.8 Å². The topological polar surface area (TPSA) is 85.0 Å². The van der Waals surface area contributed by atoms with Gasteiger partial charge in [0.05, 0.1) is 17.1 Å².